The summed E-state index contributed by atoms with van der Waals surface area (Å²) in [6.45, 7) is 4.26. The zero-order valence-corrected chi connectivity index (χ0v) is 13.7. The molecule has 0 aliphatic rings. The quantitative estimate of drug-likeness (QED) is 0.579. The van der Waals surface area contributed by atoms with Gasteiger partial charge in [0, 0.05) is 21.6 Å². The number of hydrogen-bond donors (Lipinski definition) is 0. The molecule has 0 unspecified atom stereocenters. The Morgan fingerprint density at radius 3 is 2.33 bits per heavy atom. The van der Waals surface area contributed by atoms with E-state index in [0.717, 1.165) is 10.9 Å². The van der Waals surface area contributed by atoms with Gasteiger partial charge in [-0.3, -0.25) is 0 Å². The molecule has 0 spiro atoms. The van der Waals surface area contributed by atoms with E-state index in [1.54, 1.807) is 6.07 Å². The highest BCUT2D eigenvalue weighted by Crippen LogP contribution is 2.34. The lowest BCUT2D eigenvalue weighted by atomic mass is 9.78. The maximum atomic E-state index is 13.9. The molecular formula is C14H18BrCl2F. The van der Waals surface area contributed by atoms with E-state index in [-0.39, 0.29) is 11.2 Å². The normalized spacial score (nSPS) is 12.2. The van der Waals surface area contributed by atoms with Gasteiger partial charge in [0.05, 0.1) is 0 Å². The highest BCUT2D eigenvalue weighted by molar-refractivity contribution is 9.10. The van der Waals surface area contributed by atoms with Gasteiger partial charge in [0.1, 0.15) is 5.82 Å². The Bertz CT molecular complexity index is 389. The van der Waals surface area contributed by atoms with Crippen molar-refractivity contribution < 1.29 is 4.39 Å². The average Bonchev–Trinajstić information content (AvgIpc) is 2.31. The standard InChI is InChI=1S/C14H18BrCl2F/c1-10(2)6-14(8-16,9-17)7-11-3-4-12(15)5-13(11)18/h3-5,10H,6-9H2,1-2H3. The van der Waals surface area contributed by atoms with Crippen LogP contribution in [0.2, 0.25) is 0 Å². The summed E-state index contributed by atoms with van der Waals surface area (Å²) in [7, 11) is 0. The van der Waals surface area contributed by atoms with Gasteiger partial charge in [-0.25, -0.2) is 4.39 Å². The lowest BCUT2D eigenvalue weighted by Crippen LogP contribution is -2.30. The SMILES string of the molecule is CC(C)CC(CCl)(CCl)Cc1ccc(Br)cc1F. The van der Waals surface area contributed by atoms with Gasteiger partial charge in [0.15, 0.2) is 0 Å². The zero-order valence-electron chi connectivity index (χ0n) is 10.6. The molecule has 0 N–H and O–H groups in total. The van der Waals surface area contributed by atoms with Crippen molar-refractivity contribution in [2.75, 3.05) is 11.8 Å². The van der Waals surface area contributed by atoms with Crippen LogP contribution in [0.1, 0.15) is 25.8 Å². The minimum Gasteiger partial charge on any atom is -0.207 e. The highest BCUT2D eigenvalue weighted by atomic mass is 79.9. The van der Waals surface area contributed by atoms with E-state index >= 15 is 0 Å². The first-order valence-electron chi connectivity index (χ1n) is 5.98. The maximum absolute atomic E-state index is 13.9. The predicted molar refractivity (Wildman–Crippen MR) is 81.1 cm³/mol. The van der Waals surface area contributed by atoms with Crippen LogP contribution in [-0.2, 0) is 6.42 Å². The van der Waals surface area contributed by atoms with Gasteiger partial charge in [0.2, 0.25) is 0 Å². The predicted octanol–water partition coefficient (Wildman–Crippen LogP) is 5.64. The van der Waals surface area contributed by atoms with Crippen LogP contribution in [0.4, 0.5) is 4.39 Å². The van der Waals surface area contributed by atoms with Gasteiger partial charge in [-0.15, -0.1) is 23.2 Å². The van der Waals surface area contributed by atoms with E-state index in [2.05, 4.69) is 29.8 Å². The first kappa shape index (κ1) is 16.3. The molecule has 102 valence electrons. The summed E-state index contributed by atoms with van der Waals surface area (Å²) < 4.78 is 14.6. The number of halogens is 4. The molecule has 0 saturated heterocycles. The second kappa shape index (κ2) is 7.12. The minimum atomic E-state index is -0.230. The van der Waals surface area contributed by atoms with E-state index in [1.165, 1.54) is 6.07 Å². The molecule has 0 aliphatic carbocycles. The summed E-state index contributed by atoms with van der Waals surface area (Å²) in [5.74, 6) is 1.18. The molecule has 1 rings (SSSR count). The van der Waals surface area contributed by atoms with Crippen LogP contribution < -0.4 is 0 Å². The molecule has 1 aromatic rings. The second-order valence-electron chi connectivity index (χ2n) is 5.28. The molecular weight excluding hydrogens is 338 g/mol. The Morgan fingerprint density at radius 1 is 1.28 bits per heavy atom. The van der Waals surface area contributed by atoms with Crippen LogP contribution in [0.5, 0.6) is 0 Å². The Labute approximate surface area is 127 Å². The van der Waals surface area contributed by atoms with E-state index in [0.29, 0.717) is 29.7 Å². The number of rotatable bonds is 6. The van der Waals surface area contributed by atoms with Crippen LogP contribution in [0.15, 0.2) is 22.7 Å². The Kier molecular flexibility index (Phi) is 6.43. The number of benzene rings is 1. The molecule has 0 saturated carbocycles. The minimum absolute atomic E-state index is 0.201. The van der Waals surface area contributed by atoms with Crippen LogP contribution in [0.25, 0.3) is 0 Å². The third-order valence-corrected chi connectivity index (χ3v) is 4.62. The fourth-order valence-corrected chi connectivity index (χ4v) is 3.27. The van der Waals surface area contributed by atoms with Gasteiger partial charge < -0.3 is 0 Å². The van der Waals surface area contributed by atoms with Crippen molar-refractivity contribution in [1.29, 1.82) is 0 Å². The smallest absolute Gasteiger partial charge is 0.127 e. The maximum Gasteiger partial charge on any atom is 0.127 e. The summed E-state index contributed by atoms with van der Waals surface area (Å²) in [6.07, 6.45) is 1.48. The van der Waals surface area contributed by atoms with Crippen molar-refractivity contribution in [2.45, 2.75) is 26.7 Å². The topological polar surface area (TPSA) is 0 Å². The molecule has 0 aliphatic heterocycles. The Balaban J connectivity index is 2.95. The van der Waals surface area contributed by atoms with Crippen molar-refractivity contribution in [3.63, 3.8) is 0 Å². The van der Waals surface area contributed by atoms with Crippen LogP contribution in [-0.4, -0.2) is 11.8 Å². The van der Waals surface area contributed by atoms with Crippen molar-refractivity contribution in [3.05, 3.63) is 34.1 Å². The first-order valence-corrected chi connectivity index (χ1v) is 7.84. The van der Waals surface area contributed by atoms with Crippen molar-refractivity contribution >= 4 is 39.1 Å². The molecule has 1 aromatic carbocycles. The van der Waals surface area contributed by atoms with Crippen molar-refractivity contribution in [2.24, 2.45) is 11.3 Å². The fraction of sp³-hybridized carbons (Fsp3) is 0.571. The molecule has 4 heteroatoms. The van der Waals surface area contributed by atoms with Crippen LogP contribution in [0, 0.1) is 17.2 Å². The third-order valence-electron chi connectivity index (χ3n) is 2.99. The van der Waals surface area contributed by atoms with Crippen molar-refractivity contribution in [3.8, 4) is 0 Å². The average molecular weight is 356 g/mol. The lowest BCUT2D eigenvalue weighted by molar-refractivity contribution is 0.292. The largest absolute Gasteiger partial charge is 0.207 e. The van der Waals surface area contributed by atoms with E-state index in [1.807, 2.05) is 6.07 Å². The number of alkyl halides is 2. The summed E-state index contributed by atoms with van der Waals surface area (Å²) in [6, 6.07) is 5.13. The molecule has 0 bridgehead atoms. The van der Waals surface area contributed by atoms with E-state index in [9.17, 15) is 4.39 Å². The molecule has 0 amide bonds. The lowest BCUT2D eigenvalue weighted by Gasteiger charge is -2.31. The summed E-state index contributed by atoms with van der Waals surface area (Å²) >= 11 is 15.4. The van der Waals surface area contributed by atoms with Gasteiger partial charge in [-0.1, -0.05) is 35.8 Å². The Morgan fingerprint density at radius 2 is 1.89 bits per heavy atom. The summed E-state index contributed by atoms with van der Waals surface area (Å²) in [5.41, 5.74) is 0.450. The molecule has 0 aromatic heterocycles. The van der Waals surface area contributed by atoms with E-state index < -0.39 is 0 Å². The molecule has 18 heavy (non-hydrogen) atoms. The van der Waals surface area contributed by atoms with Gasteiger partial charge in [0.25, 0.3) is 0 Å². The fourth-order valence-electron chi connectivity index (χ4n) is 2.25. The van der Waals surface area contributed by atoms with Crippen LogP contribution >= 0.6 is 39.1 Å². The van der Waals surface area contributed by atoms with Crippen LogP contribution in [0.3, 0.4) is 0 Å². The number of hydrogen-bond acceptors (Lipinski definition) is 0. The molecule has 0 heterocycles. The molecule has 0 radical (unpaired) electrons. The molecule has 0 nitrogen and oxygen atoms in total. The monoisotopic (exact) mass is 354 g/mol. The highest BCUT2D eigenvalue weighted by Gasteiger charge is 2.30. The summed E-state index contributed by atoms with van der Waals surface area (Å²) in [5, 5.41) is 0. The zero-order chi connectivity index (χ0) is 13.8. The van der Waals surface area contributed by atoms with E-state index in [4.69, 9.17) is 23.2 Å². The second-order valence-corrected chi connectivity index (χ2v) is 6.73. The van der Waals surface area contributed by atoms with Gasteiger partial charge >= 0.3 is 0 Å². The van der Waals surface area contributed by atoms with Crippen molar-refractivity contribution in [1.82, 2.24) is 0 Å². The first-order chi connectivity index (χ1) is 8.42. The third kappa shape index (κ3) is 4.40. The van der Waals surface area contributed by atoms with Gasteiger partial charge in [-0.2, -0.15) is 0 Å². The summed E-state index contributed by atoms with van der Waals surface area (Å²) in [4.78, 5) is 0. The van der Waals surface area contributed by atoms with Gasteiger partial charge in [-0.05, 0) is 36.5 Å². The molecule has 0 atom stereocenters. The Hall–Kier alpha value is 0.210. The molecule has 0 fully saturated rings.